The molecule has 4 aromatic rings. The average molecular weight is 570 g/mol. The van der Waals surface area contributed by atoms with Crippen molar-refractivity contribution in [3.8, 4) is 11.3 Å². The van der Waals surface area contributed by atoms with Crippen molar-refractivity contribution in [2.45, 2.75) is 39.3 Å². The molecule has 3 aromatic carbocycles. The van der Waals surface area contributed by atoms with E-state index in [2.05, 4.69) is 46.9 Å². The van der Waals surface area contributed by atoms with Gasteiger partial charge in [0.2, 0.25) is 4.80 Å². The number of para-hydroxylation sites is 1. The van der Waals surface area contributed by atoms with Gasteiger partial charge < -0.3 is 0 Å². The van der Waals surface area contributed by atoms with Gasteiger partial charge in [0.1, 0.15) is 0 Å². The van der Waals surface area contributed by atoms with Crippen LogP contribution in [0.1, 0.15) is 40.7 Å². The Balaban J connectivity index is 1.76. The summed E-state index contributed by atoms with van der Waals surface area (Å²) in [5, 5.41) is 6.94. The number of fused-ring (bicyclic) bond motifs is 1. The van der Waals surface area contributed by atoms with E-state index in [1.165, 1.54) is 34.6 Å². The molecule has 0 radical (unpaired) electrons. The van der Waals surface area contributed by atoms with E-state index >= 15 is 0 Å². The summed E-state index contributed by atoms with van der Waals surface area (Å²) in [5.74, 6) is 0. The first-order valence-electron chi connectivity index (χ1n) is 11.6. The zero-order chi connectivity index (χ0) is 25.4. The Morgan fingerprint density at radius 2 is 1.78 bits per heavy atom. The summed E-state index contributed by atoms with van der Waals surface area (Å²) in [6.07, 6.45) is -1.76. The van der Waals surface area contributed by atoms with Crippen LogP contribution in [-0.2, 0) is 12.6 Å². The molecule has 5 rings (SSSR count). The lowest BCUT2D eigenvalue weighted by Crippen LogP contribution is -2.19. The van der Waals surface area contributed by atoms with Gasteiger partial charge in [-0.1, -0.05) is 51.8 Å². The van der Waals surface area contributed by atoms with E-state index in [0.717, 1.165) is 57.9 Å². The first-order valence-corrected chi connectivity index (χ1v) is 13.2. The molecule has 0 saturated carbocycles. The Morgan fingerprint density at radius 3 is 2.56 bits per heavy atom. The van der Waals surface area contributed by atoms with E-state index in [1.807, 2.05) is 29.6 Å². The monoisotopic (exact) mass is 569 g/mol. The van der Waals surface area contributed by atoms with E-state index in [9.17, 15) is 13.2 Å². The number of hydrogen-bond donors (Lipinski definition) is 0. The molecule has 1 heterocycles. The average Bonchev–Trinajstić information content (AvgIpc) is 3.21. The third-order valence-corrected chi connectivity index (χ3v) is 7.53. The molecule has 184 valence electrons. The van der Waals surface area contributed by atoms with Crippen LogP contribution in [0.3, 0.4) is 0 Å². The lowest BCUT2D eigenvalue weighted by molar-refractivity contribution is -0.137. The molecular weight excluding hydrogens is 547 g/mol. The third-order valence-electron chi connectivity index (χ3n) is 6.22. The van der Waals surface area contributed by atoms with Crippen LogP contribution in [0, 0.1) is 13.8 Å². The number of thiazole rings is 1. The second-order valence-electron chi connectivity index (χ2n) is 8.86. The van der Waals surface area contributed by atoms with Gasteiger partial charge in [-0.3, -0.25) is 0 Å². The molecule has 1 aliphatic carbocycles. The van der Waals surface area contributed by atoms with Gasteiger partial charge in [0, 0.05) is 21.0 Å². The van der Waals surface area contributed by atoms with Gasteiger partial charge in [0.25, 0.3) is 0 Å². The molecule has 0 spiro atoms. The highest BCUT2D eigenvalue weighted by Gasteiger charge is 2.33. The molecule has 0 saturated heterocycles. The van der Waals surface area contributed by atoms with Crippen LogP contribution >= 0.6 is 27.3 Å². The van der Waals surface area contributed by atoms with Gasteiger partial charge in [-0.05, 0) is 74.6 Å². The van der Waals surface area contributed by atoms with Gasteiger partial charge >= 0.3 is 6.18 Å². The smallest absolute Gasteiger partial charge is 0.219 e. The number of nitrogens with zero attached hydrogens (tertiary/aromatic N) is 3. The Hall–Kier alpha value is -2.97. The minimum atomic E-state index is -4.50. The standard InChI is InChI=1S/C28H23BrF3N3S/c1-17-13-18(2)21-9-6-12-24(22(21)14-17)34-35-26(19-7-5-8-20(29)15-19)16-36-27(35)33-25-11-4-3-10-23(25)28(30,31)32/h3-5,7-8,10-11,13-16H,6,9,12H2,1-2H3/b33-27?,34-24+. The van der Waals surface area contributed by atoms with Crippen LogP contribution in [0.2, 0.25) is 0 Å². The van der Waals surface area contributed by atoms with Gasteiger partial charge in [-0.25, -0.2) is 9.67 Å². The predicted octanol–water partition coefficient (Wildman–Crippen LogP) is 8.44. The van der Waals surface area contributed by atoms with Crippen molar-refractivity contribution in [1.82, 2.24) is 4.68 Å². The second-order valence-corrected chi connectivity index (χ2v) is 10.6. The van der Waals surface area contributed by atoms with E-state index in [-0.39, 0.29) is 5.69 Å². The van der Waals surface area contributed by atoms with Gasteiger partial charge in [0.15, 0.2) is 0 Å². The van der Waals surface area contributed by atoms with Gasteiger partial charge in [-0.15, -0.1) is 11.3 Å². The van der Waals surface area contributed by atoms with Crippen molar-refractivity contribution in [1.29, 1.82) is 0 Å². The SMILES string of the molecule is Cc1cc(C)c2c(c1)/C(=N/n1c(-c3cccc(Br)c3)csc1=Nc1ccccc1C(F)(F)F)CCC2. The van der Waals surface area contributed by atoms with Crippen LogP contribution in [0.15, 0.2) is 80.6 Å². The maximum absolute atomic E-state index is 13.7. The maximum Gasteiger partial charge on any atom is 0.418 e. The fraction of sp³-hybridized carbons (Fsp3) is 0.214. The zero-order valence-electron chi connectivity index (χ0n) is 19.7. The fourth-order valence-corrected chi connectivity index (χ4v) is 5.85. The van der Waals surface area contributed by atoms with Crippen LogP contribution in [0.25, 0.3) is 11.3 Å². The minimum absolute atomic E-state index is 0.127. The Kier molecular flexibility index (Phi) is 6.74. The summed E-state index contributed by atoms with van der Waals surface area (Å²) in [6.45, 7) is 4.19. The Bertz CT molecular complexity index is 1550. The lowest BCUT2D eigenvalue weighted by atomic mass is 9.86. The number of aromatic nitrogens is 1. The van der Waals surface area contributed by atoms with Crippen molar-refractivity contribution in [3.05, 3.63) is 103 Å². The molecule has 0 bridgehead atoms. The number of rotatable bonds is 3. The number of aryl methyl sites for hydroxylation is 2. The molecule has 0 fully saturated rings. The van der Waals surface area contributed by atoms with Crippen molar-refractivity contribution < 1.29 is 13.2 Å². The summed E-state index contributed by atoms with van der Waals surface area (Å²) in [7, 11) is 0. The van der Waals surface area contributed by atoms with Crippen molar-refractivity contribution >= 4 is 38.7 Å². The molecule has 0 unspecified atom stereocenters. The summed E-state index contributed by atoms with van der Waals surface area (Å²) in [5.41, 5.74) is 6.49. The molecule has 1 aliphatic rings. The molecular formula is C28H23BrF3N3S. The van der Waals surface area contributed by atoms with Crippen molar-refractivity contribution in [2.75, 3.05) is 0 Å². The van der Waals surface area contributed by atoms with Crippen molar-refractivity contribution in [3.63, 3.8) is 0 Å². The Labute approximate surface area is 219 Å². The summed E-state index contributed by atoms with van der Waals surface area (Å²) < 4.78 is 43.7. The molecule has 3 nitrogen and oxygen atoms in total. The molecule has 8 heteroatoms. The molecule has 1 aromatic heterocycles. The Morgan fingerprint density at radius 1 is 0.972 bits per heavy atom. The fourth-order valence-electron chi connectivity index (χ4n) is 4.61. The highest BCUT2D eigenvalue weighted by Crippen LogP contribution is 2.36. The first kappa shape index (κ1) is 24.7. The van der Waals surface area contributed by atoms with Crippen LogP contribution < -0.4 is 4.80 Å². The predicted molar refractivity (Wildman–Crippen MR) is 143 cm³/mol. The van der Waals surface area contributed by atoms with E-state index in [0.29, 0.717) is 4.80 Å². The minimum Gasteiger partial charge on any atom is -0.219 e. The van der Waals surface area contributed by atoms with E-state index < -0.39 is 11.7 Å². The second kappa shape index (κ2) is 9.82. The highest BCUT2D eigenvalue weighted by atomic mass is 79.9. The normalized spacial score (nSPS) is 15.4. The number of hydrogen-bond acceptors (Lipinski definition) is 3. The summed E-state index contributed by atoms with van der Waals surface area (Å²) >= 11 is 4.80. The maximum atomic E-state index is 13.7. The molecule has 36 heavy (non-hydrogen) atoms. The largest absolute Gasteiger partial charge is 0.418 e. The molecule has 0 N–H and O–H groups in total. The first-order chi connectivity index (χ1) is 17.2. The van der Waals surface area contributed by atoms with Crippen LogP contribution in [0.4, 0.5) is 18.9 Å². The lowest BCUT2D eigenvalue weighted by Gasteiger charge is -2.21. The molecule has 0 amide bonds. The zero-order valence-corrected chi connectivity index (χ0v) is 22.1. The topological polar surface area (TPSA) is 29.6 Å². The van der Waals surface area contributed by atoms with Gasteiger partial charge in [0.05, 0.1) is 22.7 Å². The molecule has 0 atom stereocenters. The number of benzene rings is 3. The summed E-state index contributed by atoms with van der Waals surface area (Å²) in [6, 6.07) is 17.5. The molecule has 0 aliphatic heterocycles. The van der Waals surface area contributed by atoms with E-state index in [1.54, 1.807) is 10.7 Å². The van der Waals surface area contributed by atoms with Gasteiger partial charge in [-0.2, -0.15) is 18.3 Å². The summed E-state index contributed by atoms with van der Waals surface area (Å²) in [4.78, 5) is 4.86. The third kappa shape index (κ3) is 4.97. The van der Waals surface area contributed by atoms with Crippen LogP contribution in [0.5, 0.6) is 0 Å². The van der Waals surface area contributed by atoms with Crippen molar-refractivity contribution in [2.24, 2.45) is 10.1 Å². The highest BCUT2D eigenvalue weighted by molar-refractivity contribution is 9.10. The van der Waals surface area contributed by atoms with Crippen LogP contribution in [-0.4, -0.2) is 10.4 Å². The quantitative estimate of drug-likeness (QED) is 0.237. The number of halogens is 4. The van der Waals surface area contributed by atoms with E-state index in [4.69, 9.17) is 5.10 Å². The number of alkyl halides is 3.